The predicted molar refractivity (Wildman–Crippen MR) is 136 cm³/mol. The third-order valence-corrected chi connectivity index (χ3v) is 7.99. The first-order chi connectivity index (χ1) is 16.0. The normalized spacial score (nSPS) is 11.7. The summed E-state index contributed by atoms with van der Waals surface area (Å²) in [6.07, 6.45) is 17.5. The molecule has 0 aromatic heterocycles. The molecule has 1 aromatic rings. The van der Waals surface area contributed by atoms with Crippen LogP contribution in [0.4, 0.5) is 0 Å². The van der Waals surface area contributed by atoms with Crippen LogP contribution in [0.25, 0.3) is 0 Å². The van der Waals surface area contributed by atoms with Crippen molar-refractivity contribution in [2.24, 2.45) is 0 Å². The van der Waals surface area contributed by atoms with Gasteiger partial charge >= 0.3 is 0 Å². The first-order valence-corrected chi connectivity index (χ1v) is 14.5. The Hall–Kier alpha value is -1.44. The molecule has 0 aliphatic heterocycles. The zero-order chi connectivity index (χ0) is 24.2. The summed E-state index contributed by atoms with van der Waals surface area (Å²) in [6.45, 7) is 2.11. The minimum Gasteiger partial charge on any atom is -0.289 e. The number of hydroxylamine groups is 1. The Morgan fingerprint density at radius 1 is 0.818 bits per heavy atom. The van der Waals surface area contributed by atoms with Crippen LogP contribution in [-0.4, -0.2) is 42.7 Å². The summed E-state index contributed by atoms with van der Waals surface area (Å²) in [4.78, 5) is 11.6. The lowest BCUT2D eigenvalue weighted by atomic mass is 10.0. The average molecular weight is 483 g/mol. The van der Waals surface area contributed by atoms with E-state index in [1.54, 1.807) is 5.48 Å². The Morgan fingerprint density at radius 3 is 1.79 bits per heavy atom. The molecule has 0 saturated heterocycles. The quantitative estimate of drug-likeness (QED) is 0.131. The Labute approximate surface area is 202 Å². The van der Waals surface area contributed by atoms with Crippen molar-refractivity contribution in [3.63, 3.8) is 0 Å². The van der Waals surface area contributed by atoms with Crippen molar-refractivity contribution < 1.29 is 18.4 Å². The van der Waals surface area contributed by atoms with Crippen LogP contribution in [0, 0.1) is 0 Å². The van der Waals surface area contributed by atoms with Gasteiger partial charge in [-0.25, -0.2) is 13.9 Å². The minimum atomic E-state index is -3.55. The number of sulfonamides is 1. The monoisotopic (exact) mass is 482 g/mol. The lowest BCUT2D eigenvalue weighted by molar-refractivity contribution is -0.129. The smallest absolute Gasteiger partial charge is 0.258 e. The molecule has 6 nitrogen and oxygen atoms in total. The van der Waals surface area contributed by atoms with Crippen LogP contribution in [0.2, 0.25) is 0 Å². The van der Waals surface area contributed by atoms with Gasteiger partial charge in [0.15, 0.2) is 0 Å². The van der Waals surface area contributed by atoms with E-state index >= 15 is 0 Å². The second-order valence-corrected chi connectivity index (χ2v) is 11.1. The third kappa shape index (κ3) is 15.2. The van der Waals surface area contributed by atoms with Crippen molar-refractivity contribution in [1.82, 2.24) is 9.79 Å². The summed E-state index contributed by atoms with van der Waals surface area (Å²) in [5.41, 5.74) is 2.55. The molecule has 0 fully saturated rings. The zero-order valence-corrected chi connectivity index (χ0v) is 21.5. The van der Waals surface area contributed by atoms with E-state index in [1.807, 2.05) is 30.3 Å². The molecule has 7 heteroatoms. The average Bonchev–Trinajstić information content (AvgIpc) is 2.82. The van der Waals surface area contributed by atoms with Gasteiger partial charge in [-0.1, -0.05) is 121 Å². The number of carbonyl (C=O) groups excluding carboxylic acids is 1. The number of hydrogen-bond acceptors (Lipinski definition) is 4. The van der Waals surface area contributed by atoms with Crippen LogP contribution in [-0.2, 0) is 21.2 Å². The van der Waals surface area contributed by atoms with Gasteiger partial charge < -0.3 is 0 Å². The van der Waals surface area contributed by atoms with E-state index in [-0.39, 0.29) is 18.8 Å². The van der Waals surface area contributed by atoms with Gasteiger partial charge in [0.2, 0.25) is 10.0 Å². The molecule has 0 heterocycles. The molecule has 1 amide bonds. The van der Waals surface area contributed by atoms with Gasteiger partial charge in [0, 0.05) is 6.54 Å². The van der Waals surface area contributed by atoms with Gasteiger partial charge in [0.05, 0.1) is 12.3 Å². The highest BCUT2D eigenvalue weighted by atomic mass is 32.2. The fourth-order valence-electron chi connectivity index (χ4n) is 4.02. The summed E-state index contributed by atoms with van der Waals surface area (Å²) in [6, 6.07) is 9.59. The lowest BCUT2D eigenvalue weighted by Crippen LogP contribution is -2.42. The van der Waals surface area contributed by atoms with E-state index in [4.69, 9.17) is 5.21 Å². The molecular formula is C26H46N2O4S. The SMILES string of the molecule is CCCCCCCCCCCCCCCCS(=O)(=O)N(CCc1ccccc1)CC(=O)NO. The lowest BCUT2D eigenvalue weighted by Gasteiger charge is -2.21. The summed E-state index contributed by atoms with van der Waals surface area (Å²) in [5.74, 6) is -0.675. The van der Waals surface area contributed by atoms with Crippen molar-refractivity contribution >= 4 is 15.9 Å². The zero-order valence-electron chi connectivity index (χ0n) is 20.6. The number of benzene rings is 1. The van der Waals surface area contributed by atoms with Gasteiger partial charge in [0.1, 0.15) is 0 Å². The Bertz CT molecular complexity index is 710. The number of carbonyl (C=O) groups is 1. The van der Waals surface area contributed by atoms with E-state index in [9.17, 15) is 13.2 Å². The first-order valence-electron chi connectivity index (χ1n) is 12.9. The van der Waals surface area contributed by atoms with Crippen molar-refractivity contribution in [3.05, 3.63) is 35.9 Å². The molecule has 0 atom stereocenters. The second kappa shape index (κ2) is 18.9. The number of rotatable bonds is 21. The maximum absolute atomic E-state index is 12.8. The van der Waals surface area contributed by atoms with Gasteiger partial charge in [-0.15, -0.1) is 0 Å². The molecule has 0 aliphatic rings. The van der Waals surface area contributed by atoms with Gasteiger partial charge in [-0.3, -0.25) is 10.0 Å². The molecule has 0 saturated carbocycles. The van der Waals surface area contributed by atoms with Crippen LogP contribution in [0.1, 0.15) is 102 Å². The van der Waals surface area contributed by atoms with Crippen LogP contribution in [0.3, 0.4) is 0 Å². The molecule has 0 radical (unpaired) electrons. The van der Waals surface area contributed by atoms with Gasteiger partial charge in [-0.05, 0) is 18.4 Å². The van der Waals surface area contributed by atoms with Crippen molar-refractivity contribution in [2.45, 2.75) is 103 Å². The van der Waals surface area contributed by atoms with Crippen molar-refractivity contribution in [2.75, 3.05) is 18.8 Å². The predicted octanol–water partition coefficient (Wildman–Crippen LogP) is 5.85. The molecule has 190 valence electrons. The first kappa shape index (κ1) is 29.6. The van der Waals surface area contributed by atoms with Crippen LogP contribution < -0.4 is 5.48 Å². The highest BCUT2D eigenvalue weighted by molar-refractivity contribution is 7.89. The number of hydrogen-bond donors (Lipinski definition) is 2. The molecule has 33 heavy (non-hydrogen) atoms. The molecule has 0 bridgehead atoms. The number of amides is 1. The highest BCUT2D eigenvalue weighted by Gasteiger charge is 2.23. The van der Waals surface area contributed by atoms with Gasteiger partial charge in [0.25, 0.3) is 5.91 Å². The molecule has 1 rings (SSSR count). The number of unbranched alkanes of at least 4 members (excludes halogenated alkanes) is 13. The van der Waals surface area contributed by atoms with Gasteiger partial charge in [-0.2, -0.15) is 4.31 Å². The van der Waals surface area contributed by atoms with Crippen molar-refractivity contribution in [1.29, 1.82) is 0 Å². The molecule has 0 aliphatic carbocycles. The molecule has 1 aromatic carbocycles. The standard InChI is InChI=1S/C26H46N2O4S/c1-2-3-4-5-6-7-8-9-10-11-12-13-14-18-23-33(31,32)28(24-26(29)27-30)22-21-25-19-16-15-17-20-25/h15-17,19-20,30H,2-14,18,21-24H2,1H3,(H,27,29). The van der Waals surface area contributed by atoms with Crippen LogP contribution >= 0.6 is 0 Å². The van der Waals surface area contributed by atoms with E-state index in [0.29, 0.717) is 12.8 Å². The third-order valence-electron chi connectivity index (χ3n) is 6.09. The Kier molecular flexibility index (Phi) is 17.0. The fraction of sp³-hybridized carbons (Fsp3) is 0.731. The summed E-state index contributed by atoms with van der Waals surface area (Å²) < 4.78 is 26.8. The second-order valence-electron chi connectivity index (χ2n) is 9.02. The molecule has 2 N–H and O–H groups in total. The van der Waals surface area contributed by atoms with Crippen molar-refractivity contribution in [3.8, 4) is 0 Å². The molecule has 0 unspecified atom stereocenters. The Morgan fingerprint density at radius 2 is 1.30 bits per heavy atom. The largest absolute Gasteiger partial charge is 0.289 e. The summed E-state index contributed by atoms with van der Waals surface area (Å²) in [7, 11) is -3.55. The van der Waals surface area contributed by atoms with E-state index in [1.165, 1.54) is 68.5 Å². The molecular weight excluding hydrogens is 436 g/mol. The minimum absolute atomic E-state index is 0.0402. The summed E-state index contributed by atoms with van der Waals surface area (Å²) >= 11 is 0. The molecule has 0 spiro atoms. The van der Waals surface area contributed by atoms with Crippen LogP contribution in [0.15, 0.2) is 30.3 Å². The highest BCUT2D eigenvalue weighted by Crippen LogP contribution is 2.14. The van der Waals surface area contributed by atoms with Crippen LogP contribution in [0.5, 0.6) is 0 Å². The fourth-order valence-corrected chi connectivity index (χ4v) is 5.53. The maximum atomic E-state index is 12.8. The topological polar surface area (TPSA) is 86.7 Å². The Balaban J connectivity index is 2.20. The number of nitrogens with zero attached hydrogens (tertiary/aromatic N) is 1. The van der Waals surface area contributed by atoms with E-state index in [0.717, 1.165) is 24.8 Å². The maximum Gasteiger partial charge on any atom is 0.258 e. The van der Waals surface area contributed by atoms with E-state index in [2.05, 4.69) is 6.92 Å². The van der Waals surface area contributed by atoms with E-state index < -0.39 is 15.9 Å². The number of nitrogens with one attached hydrogen (secondary N) is 1. The summed E-state index contributed by atoms with van der Waals surface area (Å²) in [5, 5.41) is 8.82.